The maximum Gasteiger partial charge on any atom is 0.232 e. The van der Waals surface area contributed by atoms with E-state index in [1.165, 1.54) is 0 Å². The molecule has 13 N–H and O–H groups in total. The Morgan fingerprint density at radius 3 is 1.64 bits per heavy atom. The minimum atomic E-state index is 0.0227. The number of para-hydroxylation sites is 1. The summed E-state index contributed by atoms with van der Waals surface area (Å²) in [5.41, 5.74) is 0.669. The second kappa shape index (κ2) is 14.6. The number of nitrogens with zero attached hydrogens (tertiary/aromatic N) is 3. The predicted molar refractivity (Wildman–Crippen MR) is 89.7 cm³/mol. The summed E-state index contributed by atoms with van der Waals surface area (Å²) in [4.78, 5) is 11.4. The summed E-state index contributed by atoms with van der Waals surface area (Å²) < 4.78 is 0. The number of nitrogens with one attached hydrogen (secondary N) is 1. The minimum Gasteiger partial charge on any atom is -0.323 e. The van der Waals surface area contributed by atoms with Gasteiger partial charge in [-0.2, -0.15) is 15.0 Å². The zero-order valence-corrected chi connectivity index (χ0v) is 13.5. The van der Waals surface area contributed by atoms with Gasteiger partial charge in [0.05, 0.1) is 10.7 Å². The maximum atomic E-state index is 5.95. The van der Waals surface area contributed by atoms with E-state index in [2.05, 4.69) is 55.3 Å². The van der Waals surface area contributed by atoms with Gasteiger partial charge in [-0.05, 0) is 35.3 Å². The number of nitrogens with two attached hydrogens (primary N) is 6. The van der Waals surface area contributed by atoms with Gasteiger partial charge in [-0.15, -0.1) is 0 Å². The summed E-state index contributed by atoms with van der Waals surface area (Å²) in [6.07, 6.45) is 0. The molecular weight excluding hydrogens is 355 g/mol. The van der Waals surface area contributed by atoms with Crippen LogP contribution in [0.25, 0.3) is 0 Å². The lowest BCUT2D eigenvalue weighted by Crippen LogP contribution is -2.02. The van der Waals surface area contributed by atoms with Crippen molar-refractivity contribution < 1.29 is 0 Å². The summed E-state index contributed by atoms with van der Waals surface area (Å²) in [6.45, 7) is 0. The molecule has 13 heteroatoms. The van der Waals surface area contributed by atoms with Gasteiger partial charge in [0.1, 0.15) is 0 Å². The first-order valence-electron chi connectivity index (χ1n) is 5.24. The first-order valence-corrected chi connectivity index (χ1v) is 6.37. The smallest absolute Gasteiger partial charge is 0.232 e. The van der Waals surface area contributed by atoms with Gasteiger partial charge in [0, 0.05) is 0 Å². The highest BCUT2D eigenvalue weighted by molar-refractivity contribution is 6.33. The van der Waals surface area contributed by atoms with Crippen molar-refractivity contribution in [3.05, 3.63) is 39.9 Å². The van der Waals surface area contributed by atoms with Gasteiger partial charge in [0.25, 0.3) is 0 Å². The second-order valence-electron chi connectivity index (χ2n) is 2.80. The zero-order chi connectivity index (χ0) is 17.5. The predicted octanol–water partition coefficient (Wildman–Crippen LogP) is 0.0318. The summed E-state index contributed by atoms with van der Waals surface area (Å²) in [6, 6.07) is 7.18. The lowest BCUT2D eigenvalue weighted by molar-refractivity contribution is 1.05. The summed E-state index contributed by atoms with van der Waals surface area (Å²) in [7, 11) is 0. The molecule has 0 fully saturated rings. The molecule has 0 spiro atoms. The van der Waals surface area contributed by atoms with Crippen molar-refractivity contribution in [2.45, 2.75) is 0 Å². The van der Waals surface area contributed by atoms with Gasteiger partial charge in [-0.25, -0.2) is 0 Å². The lowest BCUT2D eigenvalue weighted by atomic mass is 10.3. The SMILES string of the molecule is Clc1nc(Cl)nc(Nc2ccccc2Cl)n1.NN.NN.NN. The minimum absolute atomic E-state index is 0.0227. The van der Waals surface area contributed by atoms with Crippen molar-refractivity contribution >= 4 is 46.4 Å². The van der Waals surface area contributed by atoms with Crippen LogP contribution in [0, 0.1) is 0 Å². The largest absolute Gasteiger partial charge is 0.323 e. The topological polar surface area (TPSA) is 207 Å². The number of hydrogen-bond acceptors (Lipinski definition) is 10. The van der Waals surface area contributed by atoms with E-state index in [4.69, 9.17) is 34.8 Å². The fourth-order valence-corrected chi connectivity index (χ4v) is 1.61. The third-order valence-electron chi connectivity index (χ3n) is 1.70. The fraction of sp³-hybridized carbons (Fsp3) is 0. The van der Waals surface area contributed by atoms with Crippen LogP contribution in [0.2, 0.25) is 15.6 Å². The van der Waals surface area contributed by atoms with Crippen molar-refractivity contribution in [1.29, 1.82) is 0 Å². The molecule has 0 aliphatic rings. The first-order chi connectivity index (χ1) is 10.6. The van der Waals surface area contributed by atoms with Crippen molar-refractivity contribution in [2.75, 3.05) is 5.32 Å². The van der Waals surface area contributed by atoms with Crippen molar-refractivity contribution in [1.82, 2.24) is 15.0 Å². The Morgan fingerprint density at radius 1 is 0.727 bits per heavy atom. The number of anilines is 2. The highest BCUT2D eigenvalue weighted by Gasteiger charge is 2.05. The highest BCUT2D eigenvalue weighted by atomic mass is 35.5. The van der Waals surface area contributed by atoms with E-state index >= 15 is 0 Å². The van der Waals surface area contributed by atoms with E-state index in [0.717, 1.165) is 0 Å². The molecule has 10 nitrogen and oxygen atoms in total. The third-order valence-corrected chi connectivity index (χ3v) is 2.37. The van der Waals surface area contributed by atoms with Crippen LogP contribution in [0.5, 0.6) is 0 Å². The van der Waals surface area contributed by atoms with Crippen LogP contribution in [-0.2, 0) is 0 Å². The number of halogens is 3. The summed E-state index contributed by atoms with van der Waals surface area (Å²) in [5, 5.41) is 3.49. The zero-order valence-electron chi connectivity index (χ0n) is 11.2. The molecule has 124 valence electrons. The van der Waals surface area contributed by atoms with Crippen LogP contribution in [-0.4, -0.2) is 15.0 Å². The summed E-state index contributed by atoms with van der Waals surface area (Å²) >= 11 is 17.2. The van der Waals surface area contributed by atoms with Crippen LogP contribution in [0.1, 0.15) is 0 Å². The lowest BCUT2D eigenvalue weighted by Gasteiger charge is -2.06. The Bertz CT molecular complexity index is 506. The molecule has 0 atom stereocenters. The molecule has 0 bridgehead atoms. The molecule has 0 aliphatic carbocycles. The van der Waals surface area contributed by atoms with Crippen LogP contribution in [0.4, 0.5) is 11.6 Å². The second-order valence-corrected chi connectivity index (χ2v) is 3.89. The van der Waals surface area contributed by atoms with Crippen LogP contribution < -0.4 is 40.4 Å². The molecular formula is C9H17Cl3N10. The molecule has 1 aromatic carbocycles. The number of benzene rings is 1. The molecule has 0 saturated heterocycles. The maximum absolute atomic E-state index is 5.95. The Kier molecular flexibility index (Phi) is 15.2. The third kappa shape index (κ3) is 8.84. The van der Waals surface area contributed by atoms with Crippen LogP contribution >= 0.6 is 34.8 Å². The van der Waals surface area contributed by atoms with E-state index in [9.17, 15) is 0 Å². The molecule has 22 heavy (non-hydrogen) atoms. The average Bonchev–Trinajstić information content (AvgIpc) is 2.54. The molecule has 0 aliphatic heterocycles. The van der Waals surface area contributed by atoms with Gasteiger partial charge in [-0.3, -0.25) is 35.1 Å². The monoisotopic (exact) mass is 370 g/mol. The highest BCUT2D eigenvalue weighted by Crippen LogP contribution is 2.23. The number of rotatable bonds is 2. The molecule has 0 unspecified atom stereocenters. The van der Waals surface area contributed by atoms with Crippen molar-refractivity contribution in [3.63, 3.8) is 0 Å². The fourth-order valence-electron chi connectivity index (χ4n) is 1.06. The van der Waals surface area contributed by atoms with E-state index < -0.39 is 0 Å². The van der Waals surface area contributed by atoms with E-state index in [1.54, 1.807) is 12.1 Å². The normalized spacial score (nSPS) is 8.23. The molecule has 1 heterocycles. The van der Waals surface area contributed by atoms with Crippen LogP contribution in [0.15, 0.2) is 24.3 Å². The Balaban J connectivity index is 0. The van der Waals surface area contributed by atoms with Crippen molar-refractivity contribution in [3.8, 4) is 0 Å². The van der Waals surface area contributed by atoms with E-state index in [0.29, 0.717) is 10.7 Å². The number of aromatic nitrogens is 3. The number of hydrazine groups is 3. The summed E-state index contributed by atoms with van der Waals surface area (Å²) in [5.74, 6) is 24.2. The molecule has 2 rings (SSSR count). The number of hydrogen-bond donors (Lipinski definition) is 7. The molecule has 1 aromatic heterocycles. The average molecular weight is 372 g/mol. The van der Waals surface area contributed by atoms with E-state index in [1.807, 2.05) is 12.1 Å². The van der Waals surface area contributed by atoms with Gasteiger partial charge in [0.15, 0.2) is 0 Å². The first kappa shape index (κ1) is 22.9. The quantitative estimate of drug-likeness (QED) is 0.278. The standard InChI is InChI=1S/C9H5Cl3N4.3H4N2/c10-5-3-1-2-4-6(5)13-9-15-7(11)14-8(12)16-9;3*1-2/h1-4H,(H,13,14,15,16);3*1-2H2. The van der Waals surface area contributed by atoms with Gasteiger partial charge in [0.2, 0.25) is 16.5 Å². The van der Waals surface area contributed by atoms with Gasteiger partial charge >= 0.3 is 0 Å². The molecule has 2 aromatic rings. The molecule has 0 radical (unpaired) electrons. The molecule has 0 amide bonds. The Labute approximate surface area is 142 Å². The van der Waals surface area contributed by atoms with E-state index in [-0.39, 0.29) is 16.5 Å². The van der Waals surface area contributed by atoms with Gasteiger partial charge in [-0.1, -0.05) is 23.7 Å². The van der Waals surface area contributed by atoms with Gasteiger partial charge < -0.3 is 5.32 Å². The van der Waals surface area contributed by atoms with Crippen molar-refractivity contribution in [2.24, 2.45) is 35.1 Å². The van der Waals surface area contributed by atoms with Crippen LogP contribution in [0.3, 0.4) is 0 Å². The molecule has 0 saturated carbocycles. The Morgan fingerprint density at radius 2 is 1.18 bits per heavy atom. The Hall–Kier alpha value is -1.34.